The molecular weight excluding hydrogens is 138 g/mol. The Hall–Kier alpha value is -0.530. The Morgan fingerprint density at radius 2 is 2.36 bits per heavy atom. The van der Waals surface area contributed by atoms with Gasteiger partial charge >= 0.3 is 0 Å². The monoisotopic (exact) mass is 155 g/mol. The first-order valence-electron chi connectivity index (χ1n) is 4.53. The SMILES string of the molecule is CCC[C@H]1CCCN1C(C)=O. The molecular formula is C9H17NO. The predicted octanol–water partition coefficient (Wildman–Crippen LogP) is 1.80. The molecule has 64 valence electrons. The van der Waals surface area contributed by atoms with Crippen LogP contribution in [0.1, 0.15) is 39.5 Å². The Bertz CT molecular complexity index is 144. The number of hydrogen-bond acceptors (Lipinski definition) is 1. The van der Waals surface area contributed by atoms with Crippen LogP contribution < -0.4 is 0 Å². The van der Waals surface area contributed by atoms with Crippen molar-refractivity contribution in [3.05, 3.63) is 0 Å². The fraction of sp³-hybridized carbons (Fsp3) is 0.889. The quantitative estimate of drug-likeness (QED) is 0.595. The topological polar surface area (TPSA) is 20.3 Å². The van der Waals surface area contributed by atoms with Crippen molar-refractivity contribution < 1.29 is 4.79 Å². The Balaban J connectivity index is 2.44. The summed E-state index contributed by atoms with van der Waals surface area (Å²) in [5.41, 5.74) is 0. The minimum Gasteiger partial charge on any atom is -0.340 e. The van der Waals surface area contributed by atoms with Crippen LogP contribution in [-0.4, -0.2) is 23.4 Å². The van der Waals surface area contributed by atoms with Gasteiger partial charge in [0.1, 0.15) is 0 Å². The van der Waals surface area contributed by atoms with Crippen LogP contribution in [0, 0.1) is 0 Å². The van der Waals surface area contributed by atoms with Crippen molar-refractivity contribution in [2.24, 2.45) is 0 Å². The van der Waals surface area contributed by atoms with Crippen LogP contribution in [0.15, 0.2) is 0 Å². The second-order valence-corrected chi connectivity index (χ2v) is 3.30. The number of carbonyl (C=O) groups is 1. The molecule has 0 saturated carbocycles. The first kappa shape index (κ1) is 8.57. The van der Waals surface area contributed by atoms with E-state index in [4.69, 9.17) is 0 Å². The number of carbonyl (C=O) groups excluding carboxylic acids is 1. The summed E-state index contributed by atoms with van der Waals surface area (Å²) in [7, 11) is 0. The first-order valence-corrected chi connectivity index (χ1v) is 4.53. The lowest BCUT2D eigenvalue weighted by molar-refractivity contribution is -0.129. The molecule has 0 bridgehead atoms. The van der Waals surface area contributed by atoms with Crippen molar-refractivity contribution >= 4 is 5.91 Å². The Morgan fingerprint density at radius 3 is 2.91 bits per heavy atom. The van der Waals surface area contributed by atoms with Crippen LogP contribution in [0.5, 0.6) is 0 Å². The van der Waals surface area contributed by atoms with E-state index >= 15 is 0 Å². The van der Waals surface area contributed by atoms with Gasteiger partial charge in [0.2, 0.25) is 5.91 Å². The molecule has 1 aliphatic rings. The lowest BCUT2D eigenvalue weighted by Crippen LogP contribution is -2.33. The van der Waals surface area contributed by atoms with Gasteiger partial charge in [-0.05, 0) is 19.3 Å². The fourth-order valence-corrected chi connectivity index (χ4v) is 1.88. The minimum absolute atomic E-state index is 0.251. The lowest BCUT2D eigenvalue weighted by atomic mass is 10.1. The number of likely N-dealkylation sites (tertiary alicyclic amines) is 1. The molecule has 1 fully saturated rings. The van der Waals surface area contributed by atoms with Gasteiger partial charge in [0.15, 0.2) is 0 Å². The zero-order chi connectivity index (χ0) is 8.27. The van der Waals surface area contributed by atoms with E-state index < -0.39 is 0 Å². The molecule has 2 heteroatoms. The normalized spacial score (nSPS) is 24.2. The van der Waals surface area contributed by atoms with Crippen LogP contribution in [0.3, 0.4) is 0 Å². The molecule has 1 saturated heterocycles. The number of hydrogen-bond donors (Lipinski definition) is 0. The van der Waals surface area contributed by atoms with Gasteiger partial charge in [-0.3, -0.25) is 4.79 Å². The third-order valence-electron chi connectivity index (χ3n) is 2.40. The van der Waals surface area contributed by atoms with E-state index in [-0.39, 0.29) is 5.91 Å². The fourth-order valence-electron chi connectivity index (χ4n) is 1.88. The molecule has 0 aromatic heterocycles. The maximum Gasteiger partial charge on any atom is 0.219 e. The summed E-state index contributed by atoms with van der Waals surface area (Å²) in [6.07, 6.45) is 4.78. The zero-order valence-electron chi connectivity index (χ0n) is 7.47. The summed E-state index contributed by atoms with van der Waals surface area (Å²) in [6, 6.07) is 0.553. The number of nitrogens with zero attached hydrogens (tertiary/aromatic N) is 1. The zero-order valence-corrected chi connectivity index (χ0v) is 7.47. The summed E-state index contributed by atoms with van der Waals surface area (Å²) in [4.78, 5) is 13.1. The minimum atomic E-state index is 0.251. The molecule has 1 aliphatic heterocycles. The summed E-state index contributed by atoms with van der Waals surface area (Å²) < 4.78 is 0. The first-order chi connectivity index (χ1) is 5.25. The summed E-state index contributed by atoms with van der Waals surface area (Å²) in [5.74, 6) is 0.251. The van der Waals surface area contributed by atoms with Gasteiger partial charge < -0.3 is 4.90 Å². The Labute approximate surface area is 68.6 Å². The highest BCUT2D eigenvalue weighted by Crippen LogP contribution is 2.20. The molecule has 0 radical (unpaired) electrons. The molecule has 2 nitrogen and oxygen atoms in total. The van der Waals surface area contributed by atoms with E-state index in [1.165, 1.54) is 25.7 Å². The molecule has 0 N–H and O–H groups in total. The van der Waals surface area contributed by atoms with Crippen LogP contribution >= 0.6 is 0 Å². The molecule has 0 aliphatic carbocycles. The molecule has 1 rings (SSSR count). The van der Waals surface area contributed by atoms with E-state index in [1.807, 2.05) is 4.90 Å². The highest BCUT2D eigenvalue weighted by molar-refractivity contribution is 5.73. The number of amides is 1. The summed E-state index contributed by atoms with van der Waals surface area (Å²) >= 11 is 0. The molecule has 1 atom stereocenters. The molecule has 0 aromatic rings. The third kappa shape index (κ3) is 1.95. The molecule has 1 heterocycles. The standard InChI is InChI=1S/C9H17NO/c1-3-5-9-6-4-7-10(9)8(2)11/h9H,3-7H2,1-2H3/t9-/m0/s1. The van der Waals surface area contributed by atoms with E-state index in [0.717, 1.165) is 6.54 Å². The van der Waals surface area contributed by atoms with E-state index in [2.05, 4.69) is 6.92 Å². The molecule has 11 heavy (non-hydrogen) atoms. The van der Waals surface area contributed by atoms with E-state index in [1.54, 1.807) is 6.92 Å². The molecule has 0 unspecified atom stereocenters. The van der Waals surface area contributed by atoms with Crippen molar-refractivity contribution in [3.63, 3.8) is 0 Å². The van der Waals surface area contributed by atoms with Gasteiger partial charge in [-0.25, -0.2) is 0 Å². The smallest absolute Gasteiger partial charge is 0.219 e. The van der Waals surface area contributed by atoms with Crippen molar-refractivity contribution in [2.45, 2.75) is 45.6 Å². The second kappa shape index (κ2) is 3.74. The highest BCUT2D eigenvalue weighted by Gasteiger charge is 2.24. The van der Waals surface area contributed by atoms with Gasteiger partial charge in [-0.2, -0.15) is 0 Å². The largest absolute Gasteiger partial charge is 0.340 e. The van der Waals surface area contributed by atoms with Gasteiger partial charge in [-0.15, -0.1) is 0 Å². The number of rotatable bonds is 2. The average molecular weight is 155 g/mol. The highest BCUT2D eigenvalue weighted by atomic mass is 16.2. The molecule has 0 aromatic carbocycles. The van der Waals surface area contributed by atoms with E-state index in [0.29, 0.717) is 6.04 Å². The van der Waals surface area contributed by atoms with Crippen molar-refractivity contribution in [1.82, 2.24) is 4.90 Å². The van der Waals surface area contributed by atoms with Crippen molar-refractivity contribution in [1.29, 1.82) is 0 Å². The summed E-state index contributed by atoms with van der Waals surface area (Å²) in [5, 5.41) is 0. The van der Waals surface area contributed by atoms with Crippen LogP contribution in [0.2, 0.25) is 0 Å². The van der Waals surface area contributed by atoms with Crippen LogP contribution in [-0.2, 0) is 4.79 Å². The van der Waals surface area contributed by atoms with Gasteiger partial charge in [-0.1, -0.05) is 13.3 Å². The van der Waals surface area contributed by atoms with Gasteiger partial charge in [0.25, 0.3) is 0 Å². The van der Waals surface area contributed by atoms with Crippen molar-refractivity contribution in [3.8, 4) is 0 Å². The van der Waals surface area contributed by atoms with E-state index in [9.17, 15) is 4.79 Å². The van der Waals surface area contributed by atoms with Crippen molar-refractivity contribution in [2.75, 3.05) is 6.54 Å². The maximum absolute atomic E-state index is 11.1. The Morgan fingerprint density at radius 1 is 1.64 bits per heavy atom. The second-order valence-electron chi connectivity index (χ2n) is 3.30. The van der Waals surface area contributed by atoms with Gasteiger partial charge in [0.05, 0.1) is 0 Å². The van der Waals surface area contributed by atoms with Gasteiger partial charge in [0, 0.05) is 19.5 Å². The molecule has 0 spiro atoms. The molecule has 1 amide bonds. The Kier molecular flexibility index (Phi) is 2.92. The third-order valence-corrected chi connectivity index (χ3v) is 2.40. The summed E-state index contributed by atoms with van der Waals surface area (Å²) in [6.45, 7) is 4.84. The van der Waals surface area contributed by atoms with Crippen LogP contribution in [0.4, 0.5) is 0 Å². The predicted molar refractivity (Wildman–Crippen MR) is 45.3 cm³/mol. The maximum atomic E-state index is 11.1. The van der Waals surface area contributed by atoms with Crippen LogP contribution in [0.25, 0.3) is 0 Å². The lowest BCUT2D eigenvalue weighted by Gasteiger charge is -2.22. The average Bonchev–Trinajstić information content (AvgIpc) is 2.36.